The molecule has 2 aromatic rings. The number of aromatic nitrogens is 4. The van der Waals surface area contributed by atoms with Gasteiger partial charge in [-0.05, 0) is 32.3 Å². The molecule has 2 aromatic heterocycles. The number of rotatable bonds is 2. The van der Waals surface area contributed by atoms with Crippen molar-refractivity contribution in [2.24, 2.45) is 0 Å². The lowest BCUT2D eigenvalue weighted by Gasteiger charge is -2.07. The molecule has 6 heteroatoms. The summed E-state index contributed by atoms with van der Waals surface area (Å²) >= 11 is 0. The van der Waals surface area contributed by atoms with Crippen LogP contribution in [-0.4, -0.2) is 31.3 Å². The fraction of sp³-hybridized carbons (Fsp3) is 0.500. The Kier molecular flexibility index (Phi) is 2.79. The van der Waals surface area contributed by atoms with Gasteiger partial charge in [0.15, 0.2) is 0 Å². The van der Waals surface area contributed by atoms with E-state index < -0.39 is 0 Å². The van der Waals surface area contributed by atoms with E-state index in [1.165, 1.54) is 0 Å². The van der Waals surface area contributed by atoms with Crippen molar-refractivity contribution in [1.29, 1.82) is 0 Å². The van der Waals surface area contributed by atoms with Crippen molar-refractivity contribution in [3.05, 3.63) is 24.0 Å². The normalized spacial score (nSPS) is 23.4. The van der Waals surface area contributed by atoms with E-state index in [1.807, 2.05) is 6.92 Å². The lowest BCUT2D eigenvalue weighted by Crippen LogP contribution is -2.11. The first-order chi connectivity index (χ1) is 8.74. The summed E-state index contributed by atoms with van der Waals surface area (Å²) in [6.45, 7) is 1.81. The minimum absolute atomic E-state index is 0.0332. The first-order valence-electron chi connectivity index (χ1n) is 6.06. The Balaban J connectivity index is 1.89. The Morgan fingerprint density at radius 2 is 2.22 bits per heavy atom. The molecular formula is C12H14N4O2. The molecule has 6 nitrogen and oxygen atoms in total. The predicted octanol–water partition coefficient (Wildman–Crippen LogP) is 1.46. The summed E-state index contributed by atoms with van der Waals surface area (Å²) in [6, 6.07) is 1.74. The molecule has 94 valence electrons. The summed E-state index contributed by atoms with van der Waals surface area (Å²) in [5, 5.41) is 13.7. The summed E-state index contributed by atoms with van der Waals surface area (Å²) < 4.78 is 5.23. The topological polar surface area (TPSA) is 84.9 Å². The number of hydrogen-bond donors (Lipinski definition) is 1. The van der Waals surface area contributed by atoms with Crippen molar-refractivity contribution >= 4 is 0 Å². The SMILES string of the molecule is Cc1nccc(-c2noc(C3CCCC3O)n2)n1. The van der Waals surface area contributed by atoms with Crippen LogP contribution < -0.4 is 0 Å². The molecule has 2 unspecified atom stereocenters. The number of aryl methyl sites for hydroxylation is 1. The van der Waals surface area contributed by atoms with E-state index in [-0.39, 0.29) is 12.0 Å². The largest absolute Gasteiger partial charge is 0.392 e. The average molecular weight is 246 g/mol. The fourth-order valence-electron chi connectivity index (χ4n) is 2.30. The van der Waals surface area contributed by atoms with Gasteiger partial charge in [-0.15, -0.1) is 0 Å². The van der Waals surface area contributed by atoms with Gasteiger partial charge in [-0.2, -0.15) is 4.98 Å². The smallest absolute Gasteiger partial charge is 0.232 e. The maximum Gasteiger partial charge on any atom is 0.232 e. The van der Waals surface area contributed by atoms with Gasteiger partial charge in [0.25, 0.3) is 0 Å². The zero-order valence-corrected chi connectivity index (χ0v) is 10.1. The number of nitrogens with zero attached hydrogens (tertiary/aromatic N) is 4. The second kappa shape index (κ2) is 4.45. The lowest BCUT2D eigenvalue weighted by atomic mass is 10.1. The van der Waals surface area contributed by atoms with E-state index in [2.05, 4.69) is 20.1 Å². The van der Waals surface area contributed by atoms with Crippen LogP contribution in [0.5, 0.6) is 0 Å². The molecule has 0 amide bonds. The van der Waals surface area contributed by atoms with Crippen molar-refractivity contribution < 1.29 is 9.63 Å². The highest BCUT2D eigenvalue weighted by molar-refractivity contribution is 5.47. The zero-order chi connectivity index (χ0) is 12.5. The van der Waals surface area contributed by atoms with Gasteiger partial charge in [-0.25, -0.2) is 9.97 Å². The average Bonchev–Trinajstić information content (AvgIpc) is 2.97. The molecule has 1 aliphatic rings. The molecule has 1 fully saturated rings. The van der Waals surface area contributed by atoms with Gasteiger partial charge in [0.2, 0.25) is 11.7 Å². The summed E-state index contributed by atoms with van der Waals surface area (Å²) in [4.78, 5) is 12.6. The van der Waals surface area contributed by atoms with E-state index in [9.17, 15) is 5.11 Å². The summed E-state index contributed by atoms with van der Waals surface area (Å²) in [5.74, 6) is 1.59. The van der Waals surface area contributed by atoms with Crippen molar-refractivity contribution in [3.63, 3.8) is 0 Å². The quantitative estimate of drug-likeness (QED) is 0.863. The molecule has 0 bridgehead atoms. The highest BCUT2D eigenvalue weighted by atomic mass is 16.5. The van der Waals surface area contributed by atoms with Crippen LogP contribution in [0, 0.1) is 6.92 Å². The maximum absolute atomic E-state index is 9.81. The van der Waals surface area contributed by atoms with Crippen LogP contribution in [0.2, 0.25) is 0 Å². The number of aliphatic hydroxyl groups excluding tert-OH is 1. The van der Waals surface area contributed by atoms with Gasteiger partial charge in [0.1, 0.15) is 11.5 Å². The van der Waals surface area contributed by atoms with Crippen molar-refractivity contribution in [3.8, 4) is 11.5 Å². The molecule has 18 heavy (non-hydrogen) atoms. The Morgan fingerprint density at radius 3 is 2.94 bits per heavy atom. The van der Waals surface area contributed by atoms with Crippen LogP contribution in [0.1, 0.15) is 36.9 Å². The number of aliphatic hydroxyl groups is 1. The Bertz CT molecular complexity index is 555. The van der Waals surface area contributed by atoms with Crippen molar-refractivity contribution in [2.75, 3.05) is 0 Å². The Hall–Kier alpha value is -1.82. The molecule has 0 aromatic carbocycles. The molecule has 3 rings (SSSR count). The zero-order valence-electron chi connectivity index (χ0n) is 10.1. The molecule has 2 heterocycles. The van der Waals surface area contributed by atoms with Gasteiger partial charge < -0.3 is 9.63 Å². The van der Waals surface area contributed by atoms with Crippen LogP contribution in [0.15, 0.2) is 16.8 Å². The molecule has 0 saturated heterocycles. The van der Waals surface area contributed by atoms with Gasteiger partial charge in [0, 0.05) is 6.20 Å². The van der Waals surface area contributed by atoms with Crippen LogP contribution in [0.3, 0.4) is 0 Å². The highest BCUT2D eigenvalue weighted by Gasteiger charge is 2.31. The van der Waals surface area contributed by atoms with E-state index >= 15 is 0 Å². The van der Waals surface area contributed by atoms with Crippen molar-refractivity contribution in [1.82, 2.24) is 20.1 Å². The summed E-state index contributed by atoms with van der Waals surface area (Å²) in [7, 11) is 0. The summed E-state index contributed by atoms with van der Waals surface area (Å²) in [6.07, 6.45) is 3.99. The lowest BCUT2D eigenvalue weighted by molar-refractivity contribution is 0.148. The minimum Gasteiger partial charge on any atom is -0.392 e. The third kappa shape index (κ3) is 1.99. The minimum atomic E-state index is -0.370. The molecule has 2 atom stereocenters. The molecular weight excluding hydrogens is 232 g/mol. The van der Waals surface area contributed by atoms with Gasteiger partial charge in [-0.1, -0.05) is 5.16 Å². The third-order valence-corrected chi connectivity index (χ3v) is 3.24. The highest BCUT2D eigenvalue weighted by Crippen LogP contribution is 2.34. The second-order valence-electron chi connectivity index (χ2n) is 4.55. The molecule has 0 spiro atoms. The van der Waals surface area contributed by atoms with Crippen LogP contribution in [0.25, 0.3) is 11.5 Å². The van der Waals surface area contributed by atoms with E-state index in [1.54, 1.807) is 12.3 Å². The maximum atomic E-state index is 9.81. The number of hydrogen-bond acceptors (Lipinski definition) is 6. The predicted molar refractivity (Wildman–Crippen MR) is 62.7 cm³/mol. The van der Waals surface area contributed by atoms with E-state index in [0.717, 1.165) is 19.3 Å². The second-order valence-corrected chi connectivity index (χ2v) is 4.55. The molecule has 0 radical (unpaired) electrons. The monoisotopic (exact) mass is 246 g/mol. The first kappa shape index (κ1) is 11.3. The molecule has 1 aliphatic carbocycles. The van der Waals surface area contributed by atoms with E-state index in [0.29, 0.717) is 23.2 Å². The molecule has 1 N–H and O–H groups in total. The molecule has 1 saturated carbocycles. The first-order valence-corrected chi connectivity index (χ1v) is 6.06. The van der Waals surface area contributed by atoms with E-state index in [4.69, 9.17) is 4.52 Å². The Labute approximate surface area is 104 Å². The van der Waals surface area contributed by atoms with Gasteiger partial charge in [0.05, 0.1) is 12.0 Å². The molecule has 0 aliphatic heterocycles. The van der Waals surface area contributed by atoms with Crippen molar-refractivity contribution in [2.45, 2.75) is 38.2 Å². The van der Waals surface area contributed by atoms with Gasteiger partial charge >= 0.3 is 0 Å². The van der Waals surface area contributed by atoms with Crippen LogP contribution in [-0.2, 0) is 0 Å². The van der Waals surface area contributed by atoms with Crippen LogP contribution in [0.4, 0.5) is 0 Å². The van der Waals surface area contributed by atoms with Crippen LogP contribution >= 0.6 is 0 Å². The fourth-order valence-corrected chi connectivity index (χ4v) is 2.30. The standard InChI is InChI=1S/C12H14N4O2/c1-7-13-6-5-9(14-7)11-15-12(18-16-11)8-3-2-4-10(8)17/h5-6,8,10,17H,2-4H2,1H3. The summed E-state index contributed by atoms with van der Waals surface area (Å²) in [5.41, 5.74) is 0.644. The third-order valence-electron chi connectivity index (χ3n) is 3.24. The van der Waals surface area contributed by atoms with Gasteiger partial charge in [-0.3, -0.25) is 0 Å². The Morgan fingerprint density at radius 1 is 1.33 bits per heavy atom.